The molecule has 0 fully saturated rings. The second-order valence-electron chi connectivity index (χ2n) is 9.47. The lowest BCUT2D eigenvalue weighted by Crippen LogP contribution is -2.47. The first-order valence-corrected chi connectivity index (χ1v) is 9.81. The minimum absolute atomic E-state index is 0.0962. The maximum Gasteiger partial charge on any atom is 0.115 e. The van der Waals surface area contributed by atoms with Gasteiger partial charge >= 0.3 is 0 Å². The van der Waals surface area contributed by atoms with Crippen LogP contribution in [0.25, 0.3) is 21.8 Å². The molecule has 0 aliphatic rings. The van der Waals surface area contributed by atoms with Gasteiger partial charge in [0.05, 0.1) is 52.6 Å². The van der Waals surface area contributed by atoms with E-state index in [-0.39, 0.29) is 22.0 Å². The first-order valence-electron chi connectivity index (χ1n) is 9.81. The molecule has 1 aromatic heterocycles. The van der Waals surface area contributed by atoms with Gasteiger partial charge in [-0.15, -0.1) is 21.2 Å². The summed E-state index contributed by atoms with van der Waals surface area (Å²) in [6.45, 7) is 9.65. The van der Waals surface area contributed by atoms with Gasteiger partial charge in [0, 0.05) is 16.4 Å². The molecule has 0 aliphatic heterocycles. The van der Waals surface area contributed by atoms with Crippen LogP contribution in [0.15, 0.2) is 0 Å². The van der Waals surface area contributed by atoms with E-state index in [1.54, 1.807) is 0 Å². The zero-order chi connectivity index (χ0) is 24.0. The highest BCUT2D eigenvalue weighted by atomic mass is 15.1. The van der Waals surface area contributed by atoms with Gasteiger partial charge in [0.2, 0.25) is 0 Å². The van der Waals surface area contributed by atoms with Crippen molar-refractivity contribution in [3.05, 3.63) is 22.3 Å². The van der Waals surface area contributed by atoms with E-state index in [2.05, 4.69) is 0 Å². The molecule has 0 atom stereocenters. The standard InChI is InChI=1S/C20H15B10N/c1-6-7(2)12(21)8-9-13(22)15(24)14(23)11(20(28,29)30)17(9)31(18(3,4)5)16(8)10(6)19(25,26)27/h1-5H3. The van der Waals surface area contributed by atoms with Crippen molar-refractivity contribution in [2.75, 3.05) is 0 Å². The lowest BCUT2D eigenvalue weighted by Gasteiger charge is -2.34. The van der Waals surface area contributed by atoms with Gasteiger partial charge in [0.15, 0.2) is 0 Å². The molecule has 11 heteroatoms. The summed E-state index contributed by atoms with van der Waals surface area (Å²) in [7, 11) is 62.9. The average Bonchev–Trinajstić information content (AvgIpc) is 2.90. The zero-order valence-electron chi connectivity index (χ0n) is 18.7. The van der Waals surface area contributed by atoms with Crippen LogP contribution in [-0.4, -0.2) is 83.0 Å². The molecular weight excluding hydrogens is 362 g/mol. The van der Waals surface area contributed by atoms with E-state index in [9.17, 15) is 0 Å². The molecule has 130 valence electrons. The van der Waals surface area contributed by atoms with Crippen molar-refractivity contribution in [2.45, 2.75) is 50.4 Å². The number of fused-ring (bicyclic) bond motifs is 3. The van der Waals surface area contributed by atoms with Crippen LogP contribution in [0.2, 0.25) is 0 Å². The number of nitrogens with zero attached hydrogens (tertiary/aromatic N) is 1. The summed E-state index contributed by atoms with van der Waals surface area (Å²) in [5.74, 6) is 0. The smallest absolute Gasteiger partial charge is 0.115 e. The van der Waals surface area contributed by atoms with Crippen LogP contribution in [0.4, 0.5) is 0 Å². The molecular formula is C20H15B10N. The van der Waals surface area contributed by atoms with Gasteiger partial charge in [-0.1, -0.05) is 16.5 Å². The third-order valence-corrected chi connectivity index (χ3v) is 5.91. The quantitative estimate of drug-likeness (QED) is 0.438. The van der Waals surface area contributed by atoms with Crippen molar-refractivity contribution in [1.29, 1.82) is 0 Å². The highest BCUT2D eigenvalue weighted by Gasteiger charge is 2.33. The topological polar surface area (TPSA) is 4.93 Å². The molecule has 0 unspecified atom stereocenters. The largest absolute Gasteiger partial charge is 0.335 e. The Morgan fingerprint density at radius 3 is 1.39 bits per heavy atom. The minimum Gasteiger partial charge on any atom is -0.335 e. The molecule has 3 rings (SSSR count). The van der Waals surface area contributed by atoms with Crippen molar-refractivity contribution in [3.8, 4) is 0 Å². The van der Waals surface area contributed by atoms with Crippen LogP contribution in [0.5, 0.6) is 0 Å². The van der Waals surface area contributed by atoms with E-state index < -0.39 is 15.8 Å². The maximum absolute atomic E-state index is 6.61. The Bertz CT molecular complexity index is 1150. The molecule has 2 aromatic carbocycles. The maximum atomic E-state index is 6.61. The summed E-state index contributed by atoms with van der Waals surface area (Å²) >= 11 is 0. The number of benzene rings is 2. The predicted molar refractivity (Wildman–Crippen MR) is 143 cm³/mol. The second-order valence-corrected chi connectivity index (χ2v) is 9.47. The third-order valence-electron chi connectivity index (χ3n) is 5.91. The Balaban J connectivity index is 2.97. The molecule has 0 N–H and O–H groups in total. The molecule has 0 aliphatic carbocycles. The molecule has 1 nitrogen and oxygen atoms in total. The molecule has 20 radical (unpaired) electrons. The monoisotopic (exact) mass is 379 g/mol. The number of aromatic nitrogens is 1. The Kier molecular flexibility index (Phi) is 5.69. The Morgan fingerprint density at radius 2 is 0.968 bits per heavy atom. The van der Waals surface area contributed by atoms with Gasteiger partial charge in [0.1, 0.15) is 31.4 Å². The van der Waals surface area contributed by atoms with Gasteiger partial charge in [-0.25, -0.2) is 0 Å². The number of hydrogen-bond acceptors (Lipinski definition) is 0. The molecule has 0 saturated heterocycles. The van der Waals surface area contributed by atoms with Gasteiger partial charge in [-0.3, -0.25) is 0 Å². The van der Waals surface area contributed by atoms with E-state index in [0.717, 1.165) is 11.1 Å². The van der Waals surface area contributed by atoms with Crippen LogP contribution < -0.4 is 21.9 Å². The van der Waals surface area contributed by atoms with Crippen molar-refractivity contribution in [3.63, 3.8) is 0 Å². The Morgan fingerprint density at radius 1 is 0.548 bits per heavy atom. The van der Waals surface area contributed by atoms with Gasteiger partial charge in [-0.2, -0.15) is 0 Å². The molecule has 0 bridgehead atoms. The summed E-state index contributed by atoms with van der Waals surface area (Å²) < 4.78 is 1.93. The molecule has 3 aromatic rings. The summed E-state index contributed by atoms with van der Waals surface area (Å²) in [4.78, 5) is 0. The highest BCUT2D eigenvalue weighted by molar-refractivity contribution is 6.67. The van der Waals surface area contributed by atoms with Crippen molar-refractivity contribution in [1.82, 2.24) is 4.57 Å². The normalized spacial score (nSPS) is 13.3. The fourth-order valence-electron chi connectivity index (χ4n) is 4.51. The van der Waals surface area contributed by atoms with E-state index in [1.807, 2.05) is 39.2 Å². The molecule has 0 saturated carbocycles. The van der Waals surface area contributed by atoms with E-state index in [0.29, 0.717) is 32.8 Å². The van der Waals surface area contributed by atoms with Crippen LogP contribution in [-0.2, 0) is 15.8 Å². The van der Waals surface area contributed by atoms with Gasteiger partial charge < -0.3 is 4.57 Å². The summed E-state index contributed by atoms with van der Waals surface area (Å²) in [6.07, 6.45) is 0. The number of hydrogen-bond donors (Lipinski definition) is 0. The minimum atomic E-state index is -1.83. The van der Waals surface area contributed by atoms with Gasteiger partial charge in [0.25, 0.3) is 0 Å². The lowest BCUT2D eigenvalue weighted by molar-refractivity contribution is 0.422. The summed E-state index contributed by atoms with van der Waals surface area (Å²) in [5.41, 5.74) is 3.69. The SMILES string of the molecule is [B]c1c([B])c(C([B])([B])[B])c2c(c1[B])c1c([B])c(C)c(C)c(C([B])([B])[B])c1n2C(C)(C)C. The third kappa shape index (κ3) is 3.53. The van der Waals surface area contributed by atoms with Crippen LogP contribution in [0.3, 0.4) is 0 Å². The molecule has 0 amide bonds. The van der Waals surface area contributed by atoms with Crippen molar-refractivity contribution < 1.29 is 0 Å². The average molecular weight is 377 g/mol. The summed E-state index contributed by atoms with van der Waals surface area (Å²) in [5, 5.41) is -2.41. The molecule has 0 spiro atoms. The first-order chi connectivity index (χ1) is 13.8. The number of rotatable bonds is 2. The Labute approximate surface area is 199 Å². The van der Waals surface area contributed by atoms with E-state index >= 15 is 0 Å². The summed E-state index contributed by atoms with van der Waals surface area (Å²) in [6, 6.07) is 0. The van der Waals surface area contributed by atoms with E-state index in [4.69, 9.17) is 78.5 Å². The fourth-order valence-corrected chi connectivity index (χ4v) is 4.51. The predicted octanol–water partition coefficient (Wildman–Crippen LogP) is -2.43. The lowest BCUT2D eigenvalue weighted by atomic mass is 9.38. The van der Waals surface area contributed by atoms with Gasteiger partial charge in [-0.05, 0) is 56.7 Å². The Hall–Kier alpha value is -1.11. The molecule has 1 heterocycles. The van der Waals surface area contributed by atoms with Crippen LogP contribution >= 0.6 is 0 Å². The van der Waals surface area contributed by atoms with E-state index in [1.165, 1.54) is 0 Å². The molecule has 31 heavy (non-hydrogen) atoms. The van der Waals surface area contributed by atoms with Crippen LogP contribution in [0, 0.1) is 13.8 Å². The van der Waals surface area contributed by atoms with Crippen LogP contribution in [0.1, 0.15) is 43.0 Å². The van der Waals surface area contributed by atoms with Crippen molar-refractivity contribution >= 4 is 122 Å². The fraction of sp³-hybridized carbons (Fsp3) is 0.400. The first kappa shape index (κ1) is 24.5. The second kappa shape index (κ2) is 7.19. The highest BCUT2D eigenvalue weighted by Crippen LogP contribution is 2.40. The van der Waals surface area contributed by atoms with Crippen molar-refractivity contribution in [2.24, 2.45) is 0 Å². The zero-order valence-corrected chi connectivity index (χ0v) is 18.7.